The van der Waals surface area contributed by atoms with E-state index >= 15 is 0 Å². The van der Waals surface area contributed by atoms with Crippen LogP contribution >= 0.6 is 12.2 Å². The quantitative estimate of drug-likeness (QED) is 0.724. The molecule has 1 fully saturated rings. The summed E-state index contributed by atoms with van der Waals surface area (Å²) in [5, 5.41) is 2.93. The van der Waals surface area contributed by atoms with Gasteiger partial charge in [-0.25, -0.2) is 0 Å². The molecule has 0 aromatic heterocycles. The third-order valence-electron chi connectivity index (χ3n) is 3.59. The van der Waals surface area contributed by atoms with Crippen molar-refractivity contribution in [3.63, 3.8) is 0 Å². The van der Waals surface area contributed by atoms with Crippen molar-refractivity contribution in [2.75, 3.05) is 25.0 Å². The zero-order valence-corrected chi connectivity index (χ0v) is 13.3. The Morgan fingerprint density at radius 3 is 2.76 bits per heavy atom. The molecular weight excluding hydrogens is 282 g/mol. The highest BCUT2D eigenvalue weighted by Gasteiger charge is 2.25. The van der Waals surface area contributed by atoms with Crippen molar-refractivity contribution in [1.82, 2.24) is 4.90 Å². The number of benzene rings is 1. The third-order valence-corrected chi connectivity index (χ3v) is 3.81. The second-order valence-corrected chi connectivity index (χ2v) is 6.08. The van der Waals surface area contributed by atoms with Crippen molar-refractivity contribution in [2.24, 2.45) is 11.7 Å². The van der Waals surface area contributed by atoms with Crippen molar-refractivity contribution < 1.29 is 4.79 Å². The number of carbonyl (C=O) groups excluding carboxylic acids is 1. The van der Waals surface area contributed by atoms with Gasteiger partial charge in [-0.1, -0.05) is 31.3 Å². The van der Waals surface area contributed by atoms with Gasteiger partial charge in [0.15, 0.2) is 0 Å². The van der Waals surface area contributed by atoms with Gasteiger partial charge in [0.2, 0.25) is 5.91 Å². The highest BCUT2D eigenvalue weighted by molar-refractivity contribution is 7.80. The second-order valence-electron chi connectivity index (χ2n) is 5.64. The first-order chi connectivity index (χ1) is 10.1. The molecule has 0 unspecified atom stereocenters. The summed E-state index contributed by atoms with van der Waals surface area (Å²) in [4.78, 5) is 14.8. The van der Waals surface area contributed by atoms with Crippen LogP contribution in [0.3, 0.4) is 0 Å². The number of thiocarbonyl (C=S) groups is 1. The average Bonchev–Trinajstić information content (AvgIpc) is 3.23. The van der Waals surface area contributed by atoms with Crippen LogP contribution in [0.5, 0.6) is 0 Å². The maximum absolute atomic E-state index is 12.2. The first-order valence-corrected chi connectivity index (χ1v) is 7.92. The van der Waals surface area contributed by atoms with Crippen LogP contribution in [-0.2, 0) is 4.79 Å². The molecule has 5 heteroatoms. The molecule has 2 rings (SSSR count). The SMILES string of the molecule is CCCN(CC(=O)Nc1ccccc1C(N)=S)CC1CC1. The zero-order chi connectivity index (χ0) is 15.2. The number of nitrogens with one attached hydrogen (secondary N) is 1. The van der Waals surface area contributed by atoms with Gasteiger partial charge in [0.25, 0.3) is 0 Å². The molecule has 0 spiro atoms. The second kappa shape index (κ2) is 7.52. The summed E-state index contributed by atoms with van der Waals surface area (Å²) in [5.41, 5.74) is 7.09. The lowest BCUT2D eigenvalue weighted by Crippen LogP contribution is -2.35. The molecule has 4 nitrogen and oxygen atoms in total. The smallest absolute Gasteiger partial charge is 0.238 e. The standard InChI is InChI=1S/C16H23N3OS/c1-2-9-19(10-12-7-8-12)11-15(20)18-14-6-4-3-5-13(14)16(17)21/h3-6,12H,2,7-11H2,1H3,(H2,17,21)(H,18,20). The molecule has 3 N–H and O–H groups in total. The van der Waals surface area contributed by atoms with Crippen LogP contribution in [0, 0.1) is 5.92 Å². The van der Waals surface area contributed by atoms with E-state index in [4.69, 9.17) is 18.0 Å². The Labute approximate surface area is 131 Å². The van der Waals surface area contributed by atoms with Crippen molar-refractivity contribution >= 4 is 28.8 Å². The van der Waals surface area contributed by atoms with Gasteiger partial charge in [-0.2, -0.15) is 0 Å². The van der Waals surface area contributed by atoms with Crippen LogP contribution in [0.2, 0.25) is 0 Å². The van der Waals surface area contributed by atoms with Crippen molar-refractivity contribution in [2.45, 2.75) is 26.2 Å². The number of nitrogens with two attached hydrogens (primary N) is 1. The van der Waals surface area contributed by atoms with E-state index in [0.29, 0.717) is 22.8 Å². The van der Waals surface area contributed by atoms with Gasteiger partial charge in [0, 0.05) is 12.1 Å². The van der Waals surface area contributed by atoms with Crippen LogP contribution in [0.1, 0.15) is 31.7 Å². The monoisotopic (exact) mass is 305 g/mol. The van der Waals surface area contributed by atoms with Gasteiger partial charge in [0.05, 0.1) is 12.2 Å². The number of nitrogens with zero attached hydrogens (tertiary/aromatic N) is 1. The van der Waals surface area contributed by atoms with Crippen LogP contribution < -0.4 is 11.1 Å². The van der Waals surface area contributed by atoms with Gasteiger partial charge in [0.1, 0.15) is 4.99 Å². The lowest BCUT2D eigenvalue weighted by atomic mass is 10.2. The average molecular weight is 305 g/mol. The molecule has 1 aromatic carbocycles. The van der Waals surface area contributed by atoms with E-state index in [1.807, 2.05) is 24.3 Å². The number of para-hydroxylation sites is 1. The highest BCUT2D eigenvalue weighted by atomic mass is 32.1. The maximum Gasteiger partial charge on any atom is 0.238 e. The van der Waals surface area contributed by atoms with Crippen LogP contribution in [0.4, 0.5) is 5.69 Å². The van der Waals surface area contributed by atoms with Crippen molar-refractivity contribution in [3.8, 4) is 0 Å². The van der Waals surface area contributed by atoms with E-state index in [2.05, 4.69) is 17.1 Å². The van der Waals surface area contributed by atoms with Crippen LogP contribution in [0.15, 0.2) is 24.3 Å². The predicted molar refractivity (Wildman–Crippen MR) is 90.4 cm³/mol. The molecule has 1 aromatic rings. The molecule has 0 heterocycles. The van der Waals surface area contributed by atoms with E-state index in [-0.39, 0.29) is 5.91 Å². The summed E-state index contributed by atoms with van der Waals surface area (Å²) in [7, 11) is 0. The van der Waals surface area contributed by atoms with Crippen LogP contribution in [-0.4, -0.2) is 35.4 Å². The van der Waals surface area contributed by atoms with E-state index in [0.717, 1.165) is 25.4 Å². The molecule has 21 heavy (non-hydrogen) atoms. The zero-order valence-electron chi connectivity index (χ0n) is 12.5. The van der Waals surface area contributed by atoms with E-state index < -0.39 is 0 Å². The van der Waals surface area contributed by atoms with E-state index in [9.17, 15) is 4.79 Å². The third kappa shape index (κ3) is 5.10. The number of anilines is 1. The predicted octanol–water partition coefficient (Wildman–Crippen LogP) is 2.38. The minimum Gasteiger partial charge on any atom is -0.389 e. The summed E-state index contributed by atoms with van der Waals surface area (Å²) >= 11 is 5.01. The van der Waals surface area contributed by atoms with E-state index in [1.165, 1.54) is 12.8 Å². The molecule has 1 aliphatic rings. The molecule has 1 saturated carbocycles. The van der Waals surface area contributed by atoms with Crippen LogP contribution in [0.25, 0.3) is 0 Å². The molecular formula is C16H23N3OS. The molecule has 0 saturated heterocycles. The fourth-order valence-corrected chi connectivity index (χ4v) is 2.59. The van der Waals surface area contributed by atoms with E-state index in [1.54, 1.807) is 0 Å². The number of rotatable bonds is 8. The number of amides is 1. The summed E-state index contributed by atoms with van der Waals surface area (Å²) in [6.45, 7) is 4.55. The largest absolute Gasteiger partial charge is 0.389 e. The van der Waals surface area contributed by atoms with Gasteiger partial charge >= 0.3 is 0 Å². The summed E-state index contributed by atoms with van der Waals surface area (Å²) in [5.74, 6) is 0.779. The van der Waals surface area contributed by atoms with Gasteiger partial charge in [-0.3, -0.25) is 9.69 Å². The van der Waals surface area contributed by atoms with Gasteiger partial charge in [-0.05, 0) is 43.9 Å². The lowest BCUT2D eigenvalue weighted by molar-refractivity contribution is -0.117. The summed E-state index contributed by atoms with van der Waals surface area (Å²) in [6.07, 6.45) is 3.65. The Balaban J connectivity index is 1.95. The Bertz CT molecular complexity index is 514. The topological polar surface area (TPSA) is 58.4 Å². The Morgan fingerprint density at radius 1 is 1.43 bits per heavy atom. The lowest BCUT2D eigenvalue weighted by Gasteiger charge is -2.21. The van der Waals surface area contributed by atoms with Crippen molar-refractivity contribution in [1.29, 1.82) is 0 Å². The molecule has 1 amide bonds. The number of hydrogen-bond acceptors (Lipinski definition) is 3. The Hall–Kier alpha value is -1.46. The first kappa shape index (κ1) is 15.9. The molecule has 1 aliphatic carbocycles. The van der Waals surface area contributed by atoms with Gasteiger partial charge in [-0.15, -0.1) is 0 Å². The highest BCUT2D eigenvalue weighted by Crippen LogP contribution is 2.29. The Kier molecular flexibility index (Phi) is 5.70. The van der Waals surface area contributed by atoms with Crippen molar-refractivity contribution in [3.05, 3.63) is 29.8 Å². The molecule has 114 valence electrons. The number of carbonyl (C=O) groups is 1. The maximum atomic E-state index is 12.2. The fraction of sp³-hybridized carbons (Fsp3) is 0.500. The molecule has 0 bridgehead atoms. The summed E-state index contributed by atoms with van der Waals surface area (Å²) < 4.78 is 0. The molecule has 0 atom stereocenters. The minimum atomic E-state index is -0.00667. The normalized spacial score (nSPS) is 14.2. The Morgan fingerprint density at radius 2 is 2.14 bits per heavy atom. The van der Waals surface area contributed by atoms with Gasteiger partial charge < -0.3 is 11.1 Å². The fourth-order valence-electron chi connectivity index (χ4n) is 2.42. The molecule has 0 aliphatic heterocycles. The summed E-state index contributed by atoms with van der Waals surface area (Å²) in [6, 6.07) is 7.38. The minimum absolute atomic E-state index is 0.00667. The molecule has 0 radical (unpaired) electrons. The number of hydrogen-bond donors (Lipinski definition) is 2. The first-order valence-electron chi connectivity index (χ1n) is 7.51.